The summed E-state index contributed by atoms with van der Waals surface area (Å²) in [7, 11) is 1.79. The summed E-state index contributed by atoms with van der Waals surface area (Å²) in [5.41, 5.74) is 2.36. The van der Waals surface area contributed by atoms with E-state index in [1.807, 2.05) is 13.1 Å². The summed E-state index contributed by atoms with van der Waals surface area (Å²) in [4.78, 5) is 10.1. The van der Waals surface area contributed by atoms with Gasteiger partial charge in [-0.25, -0.2) is 4.98 Å². The number of benzene rings is 1. The molecule has 0 aliphatic heterocycles. The molecule has 1 aromatic carbocycles. The van der Waals surface area contributed by atoms with E-state index in [2.05, 4.69) is 51.8 Å². The smallest absolute Gasteiger partial charge is 0.191 e. The number of ether oxygens (including phenoxy) is 2. The molecule has 0 aliphatic rings. The second-order valence-electron chi connectivity index (χ2n) is 6.25. The normalized spacial score (nSPS) is 11.2. The van der Waals surface area contributed by atoms with Crippen LogP contribution in [0.15, 0.2) is 35.5 Å². The number of aliphatic imine (C=N–C) groups is 1. The number of nitrogens with one attached hydrogen (secondary N) is 2. The lowest BCUT2D eigenvalue weighted by atomic mass is 10.1. The Kier molecular flexibility index (Phi) is 13.9. The maximum absolute atomic E-state index is 5.64. The Morgan fingerprint density at radius 2 is 1.93 bits per heavy atom. The lowest BCUT2D eigenvalue weighted by molar-refractivity contribution is 0.0453. The van der Waals surface area contributed by atoms with E-state index in [1.165, 1.54) is 10.4 Å². The van der Waals surface area contributed by atoms with Crippen LogP contribution in [0.5, 0.6) is 0 Å². The molecule has 6 nitrogen and oxygen atoms in total. The van der Waals surface area contributed by atoms with Gasteiger partial charge in [-0.15, -0.1) is 35.3 Å². The fourth-order valence-electron chi connectivity index (χ4n) is 2.60. The van der Waals surface area contributed by atoms with Gasteiger partial charge in [0, 0.05) is 44.2 Å². The number of hydrogen-bond acceptors (Lipinski definition) is 5. The number of thiazole rings is 1. The van der Waals surface area contributed by atoms with Crippen molar-refractivity contribution >= 4 is 41.3 Å². The van der Waals surface area contributed by atoms with Crippen LogP contribution in [0, 0.1) is 0 Å². The third-order valence-electron chi connectivity index (χ3n) is 4.10. The Bertz CT molecular complexity index is 724. The van der Waals surface area contributed by atoms with E-state index < -0.39 is 0 Å². The van der Waals surface area contributed by atoms with Crippen molar-refractivity contribution in [2.45, 2.75) is 39.8 Å². The Balaban J connectivity index is 0.00000420. The first-order chi connectivity index (χ1) is 13.7. The van der Waals surface area contributed by atoms with E-state index in [4.69, 9.17) is 9.47 Å². The van der Waals surface area contributed by atoms with Crippen LogP contribution in [0.1, 0.15) is 34.9 Å². The molecule has 0 saturated carbocycles. The molecule has 0 unspecified atom stereocenters. The Morgan fingerprint density at radius 1 is 1.14 bits per heavy atom. The minimum atomic E-state index is 0. The number of guanidine groups is 1. The van der Waals surface area contributed by atoms with Crippen molar-refractivity contribution < 1.29 is 9.47 Å². The van der Waals surface area contributed by atoms with E-state index >= 15 is 0 Å². The van der Waals surface area contributed by atoms with Gasteiger partial charge >= 0.3 is 0 Å². The standard InChI is InChI=1S/C21H32N4O2S.HI/c1-4-19-15-24-20(28-19)9-10-23-21(22-3)25-14-17-7-6-8-18(13-17)16-27-12-11-26-5-2;/h6-8,13,15H,4-5,9-12,14,16H2,1-3H3,(H2,22,23,25);1H. The average Bonchev–Trinajstić information content (AvgIpc) is 3.19. The van der Waals surface area contributed by atoms with Gasteiger partial charge in [-0.2, -0.15) is 0 Å². The molecule has 0 bridgehead atoms. The van der Waals surface area contributed by atoms with Crippen LogP contribution in [-0.4, -0.2) is 44.4 Å². The van der Waals surface area contributed by atoms with E-state index in [1.54, 1.807) is 18.4 Å². The lowest BCUT2D eigenvalue weighted by Crippen LogP contribution is -2.37. The molecule has 29 heavy (non-hydrogen) atoms. The third kappa shape index (κ3) is 10.4. The Morgan fingerprint density at radius 3 is 2.66 bits per heavy atom. The molecule has 0 spiro atoms. The maximum atomic E-state index is 5.64. The number of halogens is 1. The molecule has 1 aromatic heterocycles. The number of nitrogens with zero attached hydrogens (tertiary/aromatic N) is 2. The van der Waals surface area contributed by atoms with Gasteiger partial charge in [0.05, 0.1) is 24.8 Å². The zero-order valence-electron chi connectivity index (χ0n) is 17.6. The fraction of sp³-hybridized carbons (Fsp3) is 0.524. The second kappa shape index (κ2) is 15.6. The molecular formula is C21H33IN4O2S. The zero-order valence-corrected chi connectivity index (χ0v) is 20.7. The van der Waals surface area contributed by atoms with E-state index in [9.17, 15) is 0 Å². The highest BCUT2D eigenvalue weighted by atomic mass is 127. The summed E-state index contributed by atoms with van der Waals surface area (Å²) in [6, 6.07) is 8.40. The summed E-state index contributed by atoms with van der Waals surface area (Å²) >= 11 is 1.78. The largest absolute Gasteiger partial charge is 0.379 e. The second-order valence-corrected chi connectivity index (χ2v) is 7.45. The molecule has 2 aromatic rings. The lowest BCUT2D eigenvalue weighted by Gasteiger charge is -2.12. The summed E-state index contributed by atoms with van der Waals surface area (Å²) in [6.45, 7) is 8.24. The van der Waals surface area contributed by atoms with Crippen LogP contribution < -0.4 is 10.6 Å². The van der Waals surface area contributed by atoms with Crippen molar-refractivity contribution in [1.29, 1.82) is 0 Å². The van der Waals surface area contributed by atoms with Gasteiger partial charge < -0.3 is 20.1 Å². The van der Waals surface area contributed by atoms with Crippen molar-refractivity contribution in [1.82, 2.24) is 15.6 Å². The predicted molar refractivity (Wildman–Crippen MR) is 131 cm³/mol. The predicted octanol–water partition coefficient (Wildman–Crippen LogP) is 3.78. The van der Waals surface area contributed by atoms with Crippen molar-refractivity contribution in [3.05, 3.63) is 51.5 Å². The minimum Gasteiger partial charge on any atom is -0.379 e. The molecule has 2 N–H and O–H groups in total. The molecule has 0 fully saturated rings. The monoisotopic (exact) mass is 532 g/mol. The van der Waals surface area contributed by atoms with Gasteiger partial charge in [-0.1, -0.05) is 31.2 Å². The van der Waals surface area contributed by atoms with Crippen LogP contribution in [0.25, 0.3) is 0 Å². The highest BCUT2D eigenvalue weighted by Gasteiger charge is 2.03. The third-order valence-corrected chi connectivity index (χ3v) is 5.30. The van der Waals surface area contributed by atoms with Crippen molar-refractivity contribution in [3.8, 4) is 0 Å². The number of aryl methyl sites for hydroxylation is 1. The summed E-state index contributed by atoms with van der Waals surface area (Å²) < 4.78 is 10.9. The van der Waals surface area contributed by atoms with Gasteiger partial charge in [0.25, 0.3) is 0 Å². The van der Waals surface area contributed by atoms with Crippen LogP contribution in [0.4, 0.5) is 0 Å². The summed E-state index contributed by atoms with van der Waals surface area (Å²) in [5, 5.41) is 7.88. The van der Waals surface area contributed by atoms with Crippen LogP contribution in [-0.2, 0) is 35.5 Å². The van der Waals surface area contributed by atoms with Crippen molar-refractivity contribution in [3.63, 3.8) is 0 Å². The number of rotatable bonds is 12. The first kappa shape index (κ1) is 25.8. The van der Waals surface area contributed by atoms with Crippen LogP contribution >= 0.6 is 35.3 Å². The first-order valence-corrected chi connectivity index (χ1v) is 10.7. The highest BCUT2D eigenvalue weighted by Crippen LogP contribution is 2.13. The minimum absolute atomic E-state index is 0. The molecule has 8 heteroatoms. The zero-order chi connectivity index (χ0) is 20.0. The van der Waals surface area contributed by atoms with Gasteiger partial charge in [0.15, 0.2) is 5.96 Å². The van der Waals surface area contributed by atoms with Crippen molar-refractivity contribution in [2.75, 3.05) is 33.4 Å². The van der Waals surface area contributed by atoms with Gasteiger partial charge in [-0.05, 0) is 24.5 Å². The van der Waals surface area contributed by atoms with Crippen LogP contribution in [0.2, 0.25) is 0 Å². The number of hydrogen-bond donors (Lipinski definition) is 2. The molecule has 162 valence electrons. The molecule has 2 rings (SSSR count). The molecule has 0 atom stereocenters. The van der Waals surface area contributed by atoms with E-state index in [-0.39, 0.29) is 24.0 Å². The van der Waals surface area contributed by atoms with Crippen molar-refractivity contribution in [2.24, 2.45) is 4.99 Å². The first-order valence-electron chi connectivity index (χ1n) is 9.86. The molecule has 0 aliphatic carbocycles. The summed E-state index contributed by atoms with van der Waals surface area (Å²) in [6.07, 6.45) is 3.92. The maximum Gasteiger partial charge on any atom is 0.191 e. The van der Waals surface area contributed by atoms with Crippen LogP contribution in [0.3, 0.4) is 0 Å². The topological polar surface area (TPSA) is 67.8 Å². The molecule has 0 saturated heterocycles. The number of aromatic nitrogens is 1. The molecular weight excluding hydrogens is 499 g/mol. The Hall–Kier alpha value is -1.23. The SMILES string of the molecule is CCOCCOCc1cccc(CNC(=NC)NCCc2ncc(CC)s2)c1.I. The molecule has 1 heterocycles. The van der Waals surface area contributed by atoms with Gasteiger partial charge in [0.2, 0.25) is 0 Å². The fourth-order valence-corrected chi connectivity index (χ4v) is 3.46. The molecule has 0 amide bonds. The van der Waals surface area contributed by atoms with E-state index in [0.717, 1.165) is 42.5 Å². The summed E-state index contributed by atoms with van der Waals surface area (Å²) in [5.74, 6) is 0.797. The average molecular weight is 532 g/mol. The highest BCUT2D eigenvalue weighted by molar-refractivity contribution is 14.0. The Labute approximate surface area is 195 Å². The van der Waals surface area contributed by atoms with E-state index in [0.29, 0.717) is 26.4 Å². The van der Waals surface area contributed by atoms with Gasteiger partial charge in [-0.3, -0.25) is 4.99 Å². The molecule has 0 radical (unpaired) electrons. The van der Waals surface area contributed by atoms with Gasteiger partial charge in [0.1, 0.15) is 0 Å². The quantitative estimate of drug-likeness (QED) is 0.189.